The van der Waals surface area contributed by atoms with Crippen LogP contribution in [0.5, 0.6) is 0 Å². The summed E-state index contributed by atoms with van der Waals surface area (Å²) in [7, 11) is 0. The maximum atomic E-state index is 12.3. The van der Waals surface area contributed by atoms with Crippen LogP contribution < -0.4 is 10.2 Å². The molecule has 1 aliphatic heterocycles. The highest BCUT2D eigenvalue weighted by molar-refractivity contribution is 7.07. The summed E-state index contributed by atoms with van der Waals surface area (Å²) in [6, 6.07) is 10.0. The molecule has 1 aromatic carbocycles. The van der Waals surface area contributed by atoms with E-state index in [1.54, 1.807) is 16.2 Å². The number of hydrogen-bond acceptors (Lipinski definition) is 3. The lowest BCUT2D eigenvalue weighted by Gasteiger charge is -2.17. The molecule has 126 valence electrons. The quantitative estimate of drug-likeness (QED) is 0.903. The summed E-state index contributed by atoms with van der Waals surface area (Å²) in [6.07, 6.45) is 0.279. The highest BCUT2D eigenvalue weighted by Gasteiger charge is 2.34. The van der Waals surface area contributed by atoms with Gasteiger partial charge in [-0.05, 0) is 46.0 Å². The van der Waals surface area contributed by atoms with Crippen LogP contribution in [0, 0.1) is 5.92 Å². The minimum atomic E-state index is -0.277. The van der Waals surface area contributed by atoms with Gasteiger partial charge in [-0.2, -0.15) is 11.3 Å². The van der Waals surface area contributed by atoms with Crippen LogP contribution in [0.1, 0.15) is 37.3 Å². The normalized spacial score (nSPS) is 17.5. The summed E-state index contributed by atoms with van der Waals surface area (Å²) in [6.45, 7) is 5.26. The van der Waals surface area contributed by atoms with Crippen molar-refractivity contribution in [2.45, 2.75) is 32.7 Å². The van der Waals surface area contributed by atoms with E-state index in [1.807, 2.05) is 29.0 Å². The first kappa shape index (κ1) is 16.7. The van der Waals surface area contributed by atoms with Crippen molar-refractivity contribution in [2.24, 2.45) is 5.92 Å². The second kappa shape index (κ2) is 7.18. The molecule has 4 nitrogen and oxygen atoms in total. The van der Waals surface area contributed by atoms with Crippen molar-refractivity contribution in [2.75, 3.05) is 11.4 Å². The molecule has 2 aromatic rings. The Labute approximate surface area is 146 Å². The van der Waals surface area contributed by atoms with E-state index in [2.05, 4.69) is 31.3 Å². The molecule has 0 saturated carbocycles. The zero-order valence-corrected chi connectivity index (χ0v) is 14.8. The predicted molar refractivity (Wildman–Crippen MR) is 97.2 cm³/mol. The Balaban J connectivity index is 1.61. The average Bonchev–Trinajstić information content (AvgIpc) is 3.22. The number of carbonyl (C=O) groups excluding carboxylic acids is 2. The van der Waals surface area contributed by atoms with Crippen molar-refractivity contribution in [1.29, 1.82) is 0 Å². The molecule has 1 aliphatic rings. The highest BCUT2D eigenvalue weighted by atomic mass is 32.1. The number of carbonyl (C=O) groups is 2. The van der Waals surface area contributed by atoms with E-state index in [-0.39, 0.29) is 24.2 Å². The Morgan fingerprint density at radius 1 is 1.29 bits per heavy atom. The van der Waals surface area contributed by atoms with Crippen molar-refractivity contribution < 1.29 is 9.59 Å². The first-order valence-corrected chi connectivity index (χ1v) is 9.18. The van der Waals surface area contributed by atoms with Crippen molar-refractivity contribution in [3.63, 3.8) is 0 Å². The number of nitrogens with one attached hydrogen (secondary N) is 1. The maximum Gasteiger partial charge on any atom is 0.227 e. The van der Waals surface area contributed by atoms with Gasteiger partial charge >= 0.3 is 0 Å². The van der Waals surface area contributed by atoms with E-state index in [9.17, 15) is 9.59 Å². The minimum absolute atomic E-state index is 0.0166. The molecular weight excluding hydrogens is 320 g/mol. The van der Waals surface area contributed by atoms with Crippen LogP contribution in [0.4, 0.5) is 5.69 Å². The number of thiophene rings is 1. The summed E-state index contributed by atoms with van der Waals surface area (Å²) in [5.41, 5.74) is 3.21. The van der Waals surface area contributed by atoms with E-state index in [4.69, 9.17) is 0 Å². The third-order valence-electron chi connectivity index (χ3n) is 4.41. The van der Waals surface area contributed by atoms with Crippen LogP contribution >= 0.6 is 11.3 Å². The summed E-state index contributed by atoms with van der Waals surface area (Å²) in [5.74, 6) is 0.156. The Kier molecular flexibility index (Phi) is 5.00. The fourth-order valence-corrected chi connectivity index (χ4v) is 3.57. The molecule has 0 bridgehead atoms. The van der Waals surface area contributed by atoms with Crippen LogP contribution in [0.2, 0.25) is 0 Å². The molecule has 1 N–H and O–H groups in total. The molecule has 1 fully saturated rings. The van der Waals surface area contributed by atoms with Gasteiger partial charge in [0.25, 0.3) is 0 Å². The van der Waals surface area contributed by atoms with Crippen LogP contribution in [0.15, 0.2) is 41.1 Å². The molecule has 1 aromatic heterocycles. The Hall–Kier alpha value is -2.14. The fraction of sp³-hybridized carbons (Fsp3) is 0.368. The van der Waals surface area contributed by atoms with Gasteiger partial charge in [-0.15, -0.1) is 0 Å². The van der Waals surface area contributed by atoms with Crippen molar-refractivity contribution in [1.82, 2.24) is 5.32 Å². The SMILES string of the molecule is CC(C)c1ccc(N2CC(C(=O)NCc3ccsc3)CC2=O)cc1. The van der Waals surface area contributed by atoms with Crippen LogP contribution in [-0.2, 0) is 16.1 Å². The zero-order valence-electron chi connectivity index (χ0n) is 14.0. The molecule has 2 heterocycles. The number of benzene rings is 1. The lowest BCUT2D eigenvalue weighted by Crippen LogP contribution is -2.32. The lowest BCUT2D eigenvalue weighted by atomic mass is 10.0. The van der Waals surface area contributed by atoms with Crippen molar-refractivity contribution in [3.05, 3.63) is 52.2 Å². The molecule has 1 saturated heterocycles. The van der Waals surface area contributed by atoms with Crippen LogP contribution in [0.3, 0.4) is 0 Å². The van der Waals surface area contributed by atoms with Gasteiger partial charge < -0.3 is 10.2 Å². The first-order chi connectivity index (χ1) is 11.5. The Bertz CT molecular complexity index is 707. The number of nitrogens with zero attached hydrogens (tertiary/aromatic N) is 1. The minimum Gasteiger partial charge on any atom is -0.352 e. The first-order valence-electron chi connectivity index (χ1n) is 8.23. The number of anilines is 1. The van der Waals surface area contributed by atoms with Gasteiger partial charge in [-0.1, -0.05) is 26.0 Å². The topological polar surface area (TPSA) is 49.4 Å². The molecule has 3 rings (SSSR count). The standard InChI is InChI=1S/C19H22N2O2S/c1-13(2)15-3-5-17(6-4-15)21-11-16(9-18(21)22)19(23)20-10-14-7-8-24-12-14/h3-8,12-13,16H,9-11H2,1-2H3,(H,20,23). The van der Waals surface area contributed by atoms with Gasteiger partial charge in [-0.25, -0.2) is 0 Å². The van der Waals surface area contributed by atoms with E-state index in [0.717, 1.165) is 11.3 Å². The molecular formula is C19H22N2O2S. The highest BCUT2D eigenvalue weighted by Crippen LogP contribution is 2.27. The second-order valence-electron chi connectivity index (χ2n) is 6.50. The maximum absolute atomic E-state index is 12.3. The lowest BCUT2D eigenvalue weighted by molar-refractivity contribution is -0.126. The van der Waals surface area contributed by atoms with Gasteiger partial charge in [0.2, 0.25) is 11.8 Å². The van der Waals surface area contributed by atoms with Gasteiger partial charge in [-0.3, -0.25) is 9.59 Å². The molecule has 5 heteroatoms. The van der Waals surface area contributed by atoms with E-state index < -0.39 is 0 Å². The van der Waals surface area contributed by atoms with E-state index in [1.165, 1.54) is 5.56 Å². The summed E-state index contributed by atoms with van der Waals surface area (Å²) >= 11 is 1.61. The molecule has 1 atom stereocenters. The van der Waals surface area contributed by atoms with Crippen molar-refractivity contribution >= 4 is 28.8 Å². The third kappa shape index (κ3) is 3.67. The number of hydrogen-bond donors (Lipinski definition) is 1. The second-order valence-corrected chi connectivity index (χ2v) is 7.28. The smallest absolute Gasteiger partial charge is 0.227 e. The van der Waals surface area contributed by atoms with Gasteiger partial charge in [0.05, 0.1) is 5.92 Å². The van der Waals surface area contributed by atoms with Crippen LogP contribution in [0.25, 0.3) is 0 Å². The third-order valence-corrected chi connectivity index (χ3v) is 5.15. The van der Waals surface area contributed by atoms with E-state index >= 15 is 0 Å². The van der Waals surface area contributed by atoms with Crippen LogP contribution in [-0.4, -0.2) is 18.4 Å². The van der Waals surface area contributed by atoms with E-state index in [0.29, 0.717) is 19.0 Å². The summed E-state index contributed by atoms with van der Waals surface area (Å²) in [5, 5.41) is 6.94. The number of amides is 2. The van der Waals surface area contributed by atoms with Gasteiger partial charge in [0.1, 0.15) is 0 Å². The molecule has 0 aliphatic carbocycles. The molecule has 24 heavy (non-hydrogen) atoms. The van der Waals surface area contributed by atoms with Gasteiger partial charge in [0.15, 0.2) is 0 Å². The molecule has 0 spiro atoms. The summed E-state index contributed by atoms with van der Waals surface area (Å²) in [4.78, 5) is 26.3. The monoisotopic (exact) mass is 342 g/mol. The zero-order chi connectivity index (χ0) is 17.1. The number of rotatable bonds is 5. The Morgan fingerprint density at radius 2 is 2.04 bits per heavy atom. The van der Waals surface area contributed by atoms with Crippen molar-refractivity contribution in [3.8, 4) is 0 Å². The summed E-state index contributed by atoms with van der Waals surface area (Å²) < 4.78 is 0. The van der Waals surface area contributed by atoms with Gasteiger partial charge in [0, 0.05) is 25.2 Å². The molecule has 0 radical (unpaired) electrons. The average molecular weight is 342 g/mol. The predicted octanol–water partition coefficient (Wildman–Crippen LogP) is 3.54. The molecule has 1 unspecified atom stereocenters. The Morgan fingerprint density at radius 3 is 2.67 bits per heavy atom. The fourth-order valence-electron chi connectivity index (χ4n) is 2.90. The molecule has 2 amide bonds. The largest absolute Gasteiger partial charge is 0.352 e.